The first-order valence-corrected chi connectivity index (χ1v) is 11.0. The van der Waals surface area contributed by atoms with Gasteiger partial charge in [0.1, 0.15) is 0 Å². The van der Waals surface area contributed by atoms with E-state index in [-0.39, 0.29) is 0 Å². The Labute approximate surface area is 183 Å². The number of imidazole rings is 1. The van der Waals surface area contributed by atoms with E-state index in [1.54, 1.807) is 0 Å². The van der Waals surface area contributed by atoms with Crippen LogP contribution in [0.4, 0.5) is 0 Å². The Hall–Kier alpha value is -2.32. The minimum Gasteiger partial charge on any atom is -0.337 e. The molecule has 0 fully saturated rings. The van der Waals surface area contributed by atoms with E-state index in [2.05, 4.69) is 80.9 Å². The van der Waals surface area contributed by atoms with Crippen molar-refractivity contribution in [3.63, 3.8) is 0 Å². The molecule has 1 N–H and O–H groups in total. The molecule has 1 heterocycles. The number of benzene rings is 2. The molecule has 0 saturated heterocycles. The highest BCUT2D eigenvalue weighted by molar-refractivity contribution is 9.10. The van der Waals surface area contributed by atoms with Gasteiger partial charge in [-0.2, -0.15) is 0 Å². The number of aromatic nitrogens is 2. The van der Waals surface area contributed by atoms with Crippen molar-refractivity contribution in [1.82, 2.24) is 9.55 Å². The molecule has 3 aromatic rings. The van der Waals surface area contributed by atoms with Gasteiger partial charge >= 0.3 is 0 Å². The summed E-state index contributed by atoms with van der Waals surface area (Å²) in [5, 5.41) is 14.2. The van der Waals surface area contributed by atoms with Crippen molar-refractivity contribution in [1.29, 1.82) is 0 Å². The third kappa shape index (κ3) is 9.15. The van der Waals surface area contributed by atoms with E-state index in [1.807, 2.05) is 30.5 Å². The van der Waals surface area contributed by atoms with Gasteiger partial charge in [-0.1, -0.05) is 57.9 Å². The lowest BCUT2D eigenvalue weighted by Gasteiger charge is -2.18. The lowest BCUT2D eigenvalue weighted by atomic mass is 10.1. The highest BCUT2D eigenvalue weighted by Gasteiger charge is 2.12. The molecule has 0 saturated carbocycles. The topological polar surface area (TPSA) is 81.2 Å². The average Bonchev–Trinajstić information content (AvgIpc) is 3.20. The monoisotopic (exact) mass is 477 g/mol. The Morgan fingerprint density at radius 3 is 2.45 bits per heavy atom. The van der Waals surface area contributed by atoms with Crippen molar-refractivity contribution in [2.45, 2.75) is 37.3 Å². The van der Waals surface area contributed by atoms with E-state index < -0.39 is 5.09 Å². The van der Waals surface area contributed by atoms with Gasteiger partial charge in [-0.3, -0.25) is 0 Å². The normalized spacial score (nSPS) is 11.4. The first kappa shape index (κ1) is 23.0. The first-order chi connectivity index (χ1) is 13.9. The zero-order chi connectivity index (χ0) is 21.1. The van der Waals surface area contributed by atoms with Crippen LogP contribution in [0, 0.1) is 17.0 Å². The minimum absolute atomic E-state index is 0.512. The van der Waals surface area contributed by atoms with Gasteiger partial charge in [0.2, 0.25) is 0 Å². The summed E-state index contributed by atoms with van der Waals surface area (Å²) >= 11 is 5.58. The molecule has 8 heteroatoms. The molecule has 3 rings (SSSR count). The van der Waals surface area contributed by atoms with Crippen molar-refractivity contribution in [2.75, 3.05) is 0 Å². The van der Waals surface area contributed by atoms with Crippen LogP contribution < -0.4 is 0 Å². The van der Waals surface area contributed by atoms with E-state index in [0.717, 1.165) is 29.6 Å². The van der Waals surface area contributed by atoms with Gasteiger partial charge in [0, 0.05) is 34.4 Å². The van der Waals surface area contributed by atoms with Gasteiger partial charge in [0.25, 0.3) is 5.09 Å². The second kappa shape index (κ2) is 12.3. The first-order valence-electron chi connectivity index (χ1n) is 9.15. The summed E-state index contributed by atoms with van der Waals surface area (Å²) in [4.78, 5) is 12.5. The van der Waals surface area contributed by atoms with Gasteiger partial charge in [0.15, 0.2) is 0 Å². The second-order valence-corrected chi connectivity index (χ2v) is 8.62. The average molecular weight is 478 g/mol. The summed E-state index contributed by atoms with van der Waals surface area (Å²) in [6, 6.07) is 17.7. The van der Waals surface area contributed by atoms with Gasteiger partial charge in [0.05, 0.1) is 6.33 Å². The SMILES string of the molecule is Cc1ccc(CSC(CCCn2ccnc2)c2ccc(Br)cc2)cc1.O=[N+]([O-])O. The fourth-order valence-electron chi connectivity index (χ4n) is 2.78. The lowest BCUT2D eigenvalue weighted by Crippen LogP contribution is -2.00. The van der Waals surface area contributed by atoms with Gasteiger partial charge in [-0.05, 0) is 43.0 Å². The van der Waals surface area contributed by atoms with Crippen LogP contribution in [0.5, 0.6) is 0 Å². The Balaban J connectivity index is 0.000000687. The van der Waals surface area contributed by atoms with Crippen LogP contribution in [0.1, 0.15) is 34.8 Å². The standard InChI is InChI=1S/C21H23BrN2S.HNO3/c1-17-4-6-18(7-5-17)15-25-21(19-8-10-20(22)11-9-19)3-2-13-24-14-12-23-16-24;2-1(3)4/h4-12,14,16,21H,2-3,13,15H2,1H3;(H,2,3,4). The van der Waals surface area contributed by atoms with Crippen LogP contribution in [0.2, 0.25) is 0 Å². The van der Waals surface area contributed by atoms with Crippen LogP contribution in [-0.2, 0) is 12.3 Å². The zero-order valence-electron chi connectivity index (χ0n) is 16.1. The summed E-state index contributed by atoms with van der Waals surface area (Å²) in [7, 11) is 0. The van der Waals surface area contributed by atoms with Gasteiger partial charge in [-0.25, -0.2) is 4.98 Å². The van der Waals surface area contributed by atoms with E-state index in [0.29, 0.717) is 5.25 Å². The number of hydrogen-bond acceptors (Lipinski definition) is 4. The molecule has 154 valence electrons. The molecule has 1 unspecified atom stereocenters. The molecule has 0 spiro atoms. The van der Waals surface area contributed by atoms with Crippen molar-refractivity contribution in [3.8, 4) is 0 Å². The van der Waals surface area contributed by atoms with Crippen LogP contribution >= 0.6 is 27.7 Å². The summed E-state index contributed by atoms with van der Waals surface area (Å²) in [6.45, 7) is 3.16. The quantitative estimate of drug-likeness (QED) is 0.314. The third-order valence-electron chi connectivity index (χ3n) is 4.26. The largest absolute Gasteiger partial charge is 0.337 e. The number of aryl methyl sites for hydroxylation is 2. The Morgan fingerprint density at radius 2 is 1.86 bits per heavy atom. The third-order valence-corrected chi connectivity index (χ3v) is 6.19. The molecule has 0 aliphatic rings. The molecule has 0 aliphatic heterocycles. The fraction of sp³-hybridized carbons (Fsp3) is 0.286. The highest BCUT2D eigenvalue weighted by atomic mass is 79.9. The Kier molecular flexibility index (Phi) is 9.73. The molecule has 0 amide bonds. The van der Waals surface area contributed by atoms with E-state index in [1.165, 1.54) is 16.7 Å². The molecule has 0 aliphatic carbocycles. The van der Waals surface area contributed by atoms with Crippen molar-refractivity contribution < 1.29 is 10.3 Å². The number of rotatable bonds is 8. The summed E-state index contributed by atoms with van der Waals surface area (Å²) in [5.74, 6) is 1.05. The second-order valence-electron chi connectivity index (χ2n) is 6.52. The number of nitrogens with zero attached hydrogens (tertiary/aromatic N) is 3. The summed E-state index contributed by atoms with van der Waals surface area (Å²) in [5.41, 5.74) is 4.12. The van der Waals surface area contributed by atoms with E-state index in [9.17, 15) is 0 Å². The molecule has 2 aromatic carbocycles. The number of halogens is 1. The molecule has 1 atom stereocenters. The highest BCUT2D eigenvalue weighted by Crippen LogP contribution is 2.36. The number of hydrogen-bond donors (Lipinski definition) is 1. The van der Waals surface area contributed by atoms with Crippen LogP contribution in [0.25, 0.3) is 0 Å². The maximum atomic E-state index is 8.36. The molecule has 0 bridgehead atoms. The smallest absolute Gasteiger partial charge is 0.291 e. The Morgan fingerprint density at radius 1 is 1.21 bits per heavy atom. The van der Waals surface area contributed by atoms with E-state index in [4.69, 9.17) is 15.3 Å². The van der Waals surface area contributed by atoms with E-state index >= 15 is 0 Å². The van der Waals surface area contributed by atoms with Crippen LogP contribution in [0.3, 0.4) is 0 Å². The molecule has 6 nitrogen and oxygen atoms in total. The molecule has 29 heavy (non-hydrogen) atoms. The van der Waals surface area contributed by atoms with Crippen molar-refractivity contribution >= 4 is 27.7 Å². The van der Waals surface area contributed by atoms with Crippen molar-refractivity contribution in [2.24, 2.45) is 0 Å². The Bertz CT molecular complexity index is 852. The predicted molar refractivity (Wildman–Crippen MR) is 120 cm³/mol. The maximum absolute atomic E-state index is 8.36. The van der Waals surface area contributed by atoms with Gasteiger partial charge < -0.3 is 9.77 Å². The van der Waals surface area contributed by atoms with Crippen LogP contribution in [-0.4, -0.2) is 19.8 Å². The maximum Gasteiger partial charge on any atom is 0.291 e. The zero-order valence-corrected chi connectivity index (χ0v) is 18.6. The molecular weight excluding hydrogens is 454 g/mol. The van der Waals surface area contributed by atoms with Crippen LogP contribution in [0.15, 0.2) is 71.7 Å². The molecular formula is C21H24BrN3O3S. The minimum atomic E-state index is -1.50. The predicted octanol–water partition coefficient (Wildman–Crippen LogP) is 6.06. The summed E-state index contributed by atoms with van der Waals surface area (Å²) in [6.07, 6.45) is 8.09. The molecule has 1 aromatic heterocycles. The fourth-order valence-corrected chi connectivity index (χ4v) is 4.32. The van der Waals surface area contributed by atoms with Gasteiger partial charge in [-0.15, -0.1) is 21.9 Å². The molecule has 0 radical (unpaired) electrons. The lowest BCUT2D eigenvalue weighted by molar-refractivity contribution is -0.742. The summed E-state index contributed by atoms with van der Waals surface area (Å²) < 4.78 is 3.29. The van der Waals surface area contributed by atoms with Crippen molar-refractivity contribution in [3.05, 3.63) is 98.5 Å². The number of thioether (sulfide) groups is 1.